The second-order valence-electron chi connectivity index (χ2n) is 4.05. The van der Waals surface area contributed by atoms with Gasteiger partial charge in [0.1, 0.15) is 11.6 Å². The van der Waals surface area contributed by atoms with E-state index in [4.69, 9.17) is 21.8 Å². The highest BCUT2D eigenvalue weighted by Gasteiger charge is 2.10. The molecule has 0 saturated heterocycles. The smallest absolute Gasteiger partial charge is 0.123 e. The van der Waals surface area contributed by atoms with Crippen molar-refractivity contribution < 1.29 is 4.42 Å². The molecular formula is C13H16ClN3O. The topological polar surface area (TPSA) is 55.3 Å². The van der Waals surface area contributed by atoms with Crippen molar-refractivity contribution in [1.82, 2.24) is 9.88 Å². The van der Waals surface area contributed by atoms with Crippen LogP contribution in [-0.4, -0.2) is 16.4 Å². The lowest BCUT2D eigenvalue weighted by Gasteiger charge is -2.19. The molecule has 0 spiro atoms. The first-order valence-electron chi connectivity index (χ1n) is 5.84. The fourth-order valence-electron chi connectivity index (χ4n) is 1.73. The van der Waals surface area contributed by atoms with E-state index in [1.807, 2.05) is 12.1 Å². The van der Waals surface area contributed by atoms with Gasteiger partial charge in [-0.25, -0.2) is 4.98 Å². The zero-order chi connectivity index (χ0) is 13.0. The largest absolute Gasteiger partial charge is 0.468 e. The predicted octanol–water partition coefficient (Wildman–Crippen LogP) is 2.93. The molecule has 2 N–H and O–H groups in total. The summed E-state index contributed by atoms with van der Waals surface area (Å²) in [5, 5.41) is 0.641. The molecule has 0 amide bonds. The number of rotatable bonds is 5. The second kappa shape index (κ2) is 5.89. The zero-order valence-corrected chi connectivity index (χ0v) is 11.0. The molecule has 0 fully saturated rings. The summed E-state index contributed by atoms with van der Waals surface area (Å²) in [6.45, 7) is 4.36. The van der Waals surface area contributed by atoms with Crippen molar-refractivity contribution >= 4 is 17.4 Å². The lowest BCUT2D eigenvalue weighted by atomic mass is 10.3. The van der Waals surface area contributed by atoms with Crippen LogP contribution in [0.4, 0.5) is 5.82 Å². The van der Waals surface area contributed by atoms with Crippen LogP contribution in [0.25, 0.3) is 0 Å². The molecule has 18 heavy (non-hydrogen) atoms. The van der Waals surface area contributed by atoms with Gasteiger partial charge in [0.15, 0.2) is 0 Å². The van der Waals surface area contributed by atoms with Gasteiger partial charge in [-0.1, -0.05) is 18.5 Å². The Kier molecular flexibility index (Phi) is 4.23. The van der Waals surface area contributed by atoms with Gasteiger partial charge in [-0.2, -0.15) is 0 Å². The lowest BCUT2D eigenvalue weighted by Crippen LogP contribution is -2.23. The van der Waals surface area contributed by atoms with E-state index in [0.717, 1.165) is 24.5 Å². The molecular weight excluding hydrogens is 250 g/mol. The molecule has 2 rings (SSSR count). The Morgan fingerprint density at radius 2 is 2.17 bits per heavy atom. The number of furan rings is 1. The van der Waals surface area contributed by atoms with E-state index in [1.54, 1.807) is 18.4 Å². The molecule has 0 bridgehead atoms. The molecule has 0 aliphatic rings. The number of anilines is 1. The first-order valence-corrected chi connectivity index (χ1v) is 6.22. The summed E-state index contributed by atoms with van der Waals surface area (Å²) in [6.07, 6.45) is 1.68. The van der Waals surface area contributed by atoms with Crippen molar-refractivity contribution in [2.45, 2.75) is 20.0 Å². The molecule has 2 aromatic rings. The normalized spacial score (nSPS) is 11.1. The standard InChI is InChI=1S/C13H16ClN3O/c1-2-17(8-10-4-3-7-18-10)9-12-11(14)5-6-13(15)16-12/h3-7H,2,8-9H2,1H3,(H2,15,16). The molecule has 2 aromatic heterocycles. The molecule has 0 unspecified atom stereocenters. The third-order valence-corrected chi connectivity index (χ3v) is 3.06. The Balaban J connectivity index is 2.07. The SMILES string of the molecule is CCN(Cc1ccco1)Cc1nc(N)ccc1Cl. The first-order chi connectivity index (χ1) is 8.69. The van der Waals surface area contributed by atoms with Gasteiger partial charge in [-0.15, -0.1) is 0 Å². The molecule has 0 aliphatic heterocycles. The van der Waals surface area contributed by atoms with Gasteiger partial charge in [0.25, 0.3) is 0 Å². The van der Waals surface area contributed by atoms with Gasteiger partial charge in [-0.3, -0.25) is 4.90 Å². The zero-order valence-electron chi connectivity index (χ0n) is 10.3. The number of nitrogen functional groups attached to an aromatic ring is 1. The maximum atomic E-state index is 6.11. The van der Waals surface area contributed by atoms with Crippen LogP contribution in [0.3, 0.4) is 0 Å². The molecule has 0 saturated carbocycles. The summed E-state index contributed by atoms with van der Waals surface area (Å²) in [5.41, 5.74) is 6.47. The average Bonchev–Trinajstić information content (AvgIpc) is 2.85. The second-order valence-corrected chi connectivity index (χ2v) is 4.45. The van der Waals surface area contributed by atoms with Crippen LogP contribution in [0.5, 0.6) is 0 Å². The molecule has 4 nitrogen and oxygen atoms in total. The number of nitrogens with zero attached hydrogens (tertiary/aromatic N) is 2. The summed E-state index contributed by atoms with van der Waals surface area (Å²) >= 11 is 6.11. The van der Waals surface area contributed by atoms with Gasteiger partial charge in [0, 0.05) is 6.54 Å². The quantitative estimate of drug-likeness (QED) is 0.903. The van der Waals surface area contributed by atoms with Crippen LogP contribution in [0, 0.1) is 0 Å². The van der Waals surface area contributed by atoms with Gasteiger partial charge in [0.05, 0.1) is 23.5 Å². The van der Waals surface area contributed by atoms with Crippen LogP contribution in [0.2, 0.25) is 5.02 Å². The summed E-state index contributed by atoms with van der Waals surface area (Å²) < 4.78 is 5.34. The van der Waals surface area contributed by atoms with Crippen molar-refractivity contribution in [2.75, 3.05) is 12.3 Å². The summed E-state index contributed by atoms with van der Waals surface area (Å²) in [6, 6.07) is 7.32. The first kappa shape index (κ1) is 12.9. The minimum absolute atomic E-state index is 0.489. The molecule has 2 heterocycles. The highest BCUT2D eigenvalue weighted by Crippen LogP contribution is 2.18. The fourth-order valence-corrected chi connectivity index (χ4v) is 1.89. The van der Waals surface area contributed by atoms with E-state index in [9.17, 15) is 0 Å². The molecule has 0 aromatic carbocycles. The van der Waals surface area contributed by atoms with Crippen LogP contribution in [-0.2, 0) is 13.1 Å². The van der Waals surface area contributed by atoms with Crippen molar-refractivity contribution in [2.24, 2.45) is 0 Å². The molecule has 96 valence electrons. The van der Waals surface area contributed by atoms with E-state index >= 15 is 0 Å². The maximum absolute atomic E-state index is 6.11. The highest BCUT2D eigenvalue weighted by atomic mass is 35.5. The van der Waals surface area contributed by atoms with Crippen LogP contribution >= 0.6 is 11.6 Å². The molecule has 0 atom stereocenters. The van der Waals surface area contributed by atoms with Crippen molar-refractivity contribution in [3.63, 3.8) is 0 Å². The van der Waals surface area contributed by atoms with E-state index in [1.165, 1.54) is 0 Å². The summed E-state index contributed by atoms with van der Waals surface area (Å²) in [4.78, 5) is 6.45. The Morgan fingerprint density at radius 1 is 1.33 bits per heavy atom. The van der Waals surface area contributed by atoms with Crippen molar-refractivity contribution in [3.05, 3.63) is 47.0 Å². The monoisotopic (exact) mass is 265 g/mol. The van der Waals surface area contributed by atoms with Crippen molar-refractivity contribution in [3.8, 4) is 0 Å². The van der Waals surface area contributed by atoms with Gasteiger partial charge >= 0.3 is 0 Å². The van der Waals surface area contributed by atoms with Crippen LogP contribution in [0.1, 0.15) is 18.4 Å². The Hall–Kier alpha value is -1.52. The van der Waals surface area contributed by atoms with Gasteiger partial charge in [0.2, 0.25) is 0 Å². The van der Waals surface area contributed by atoms with Gasteiger partial charge < -0.3 is 10.2 Å². The maximum Gasteiger partial charge on any atom is 0.123 e. The molecule has 0 aliphatic carbocycles. The minimum Gasteiger partial charge on any atom is -0.468 e. The average molecular weight is 266 g/mol. The summed E-state index contributed by atoms with van der Waals surface area (Å²) in [7, 11) is 0. The predicted molar refractivity (Wildman–Crippen MR) is 72.2 cm³/mol. The lowest BCUT2D eigenvalue weighted by molar-refractivity contribution is 0.245. The third kappa shape index (κ3) is 3.24. The molecule has 5 heteroatoms. The third-order valence-electron chi connectivity index (χ3n) is 2.72. The Morgan fingerprint density at radius 3 is 2.83 bits per heavy atom. The number of nitrogens with two attached hydrogens (primary N) is 1. The number of hydrogen-bond acceptors (Lipinski definition) is 4. The molecule has 0 radical (unpaired) electrons. The van der Waals surface area contributed by atoms with E-state index in [2.05, 4.69) is 16.8 Å². The van der Waals surface area contributed by atoms with E-state index < -0.39 is 0 Å². The minimum atomic E-state index is 0.489. The van der Waals surface area contributed by atoms with Gasteiger partial charge in [-0.05, 0) is 30.8 Å². The number of pyridine rings is 1. The van der Waals surface area contributed by atoms with E-state index in [0.29, 0.717) is 17.4 Å². The Bertz CT molecular complexity index is 499. The Labute approximate surface area is 111 Å². The van der Waals surface area contributed by atoms with Crippen LogP contribution in [0.15, 0.2) is 34.9 Å². The van der Waals surface area contributed by atoms with E-state index in [-0.39, 0.29) is 0 Å². The number of halogens is 1. The number of hydrogen-bond donors (Lipinski definition) is 1. The van der Waals surface area contributed by atoms with Crippen molar-refractivity contribution in [1.29, 1.82) is 0 Å². The number of aromatic nitrogens is 1. The highest BCUT2D eigenvalue weighted by molar-refractivity contribution is 6.31. The van der Waals surface area contributed by atoms with Crippen LogP contribution < -0.4 is 5.73 Å². The summed E-state index contributed by atoms with van der Waals surface area (Å²) in [5.74, 6) is 1.42. The fraction of sp³-hybridized carbons (Fsp3) is 0.308.